The molecule has 0 saturated carbocycles. The average Bonchev–Trinajstić information content (AvgIpc) is 2.33. The van der Waals surface area contributed by atoms with Gasteiger partial charge in [-0.1, -0.05) is 0 Å². The van der Waals surface area contributed by atoms with Crippen LogP contribution in [0, 0.1) is 0 Å². The van der Waals surface area contributed by atoms with Gasteiger partial charge in [-0.2, -0.15) is 0 Å². The van der Waals surface area contributed by atoms with E-state index in [1.54, 1.807) is 0 Å². The molecule has 1 aromatic rings. The maximum Gasteiger partial charge on any atom is 0.181 e. The molecule has 0 aromatic carbocycles. The molecule has 0 radical (unpaired) electrons. The summed E-state index contributed by atoms with van der Waals surface area (Å²) in [5, 5.41) is 0. The minimum absolute atomic E-state index is 0.363. The molecule has 2 N–H and O–H groups in total. The van der Waals surface area contributed by atoms with Gasteiger partial charge in [0.05, 0.1) is 18.1 Å². The first-order chi connectivity index (χ1) is 4.38. The number of hydrogen-bond donors (Lipinski definition) is 1. The van der Waals surface area contributed by atoms with Gasteiger partial charge in [0.25, 0.3) is 0 Å². The zero-order valence-corrected chi connectivity index (χ0v) is 5.56. The Morgan fingerprint density at radius 1 is 1.78 bits per heavy atom. The van der Waals surface area contributed by atoms with E-state index in [-0.39, 0.29) is 0 Å². The van der Waals surface area contributed by atoms with Crippen LogP contribution in [0.3, 0.4) is 0 Å². The van der Waals surface area contributed by atoms with Crippen LogP contribution in [0.1, 0.15) is 11.5 Å². The molecular formula is C5H7ClN2O. The highest BCUT2D eigenvalue weighted by molar-refractivity contribution is 6.16. The van der Waals surface area contributed by atoms with E-state index in [4.69, 9.17) is 21.8 Å². The predicted molar refractivity (Wildman–Crippen MR) is 34.0 cm³/mol. The van der Waals surface area contributed by atoms with Gasteiger partial charge in [-0.25, -0.2) is 4.98 Å². The summed E-state index contributed by atoms with van der Waals surface area (Å²) in [6.45, 7) is 0.363. The monoisotopic (exact) mass is 146 g/mol. The topological polar surface area (TPSA) is 52.0 Å². The lowest BCUT2D eigenvalue weighted by Gasteiger charge is -1.88. The second kappa shape index (κ2) is 2.85. The van der Waals surface area contributed by atoms with Gasteiger partial charge in [-0.15, -0.1) is 11.6 Å². The zero-order chi connectivity index (χ0) is 6.69. The molecule has 1 rings (SSSR count). The smallest absolute Gasteiger partial charge is 0.181 e. The number of oxazole rings is 1. The first kappa shape index (κ1) is 6.58. The second-order valence-electron chi connectivity index (χ2n) is 1.56. The fourth-order valence-electron chi connectivity index (χ4n) is 0.569. The van der Waals surface area contributed by atoms with Crippen LogP contribution in [-0.2, 0) is 12.4 Å². The van der Waals surface area contributed by atoms with Gasteiger partial charge >= 0.3 is 0 Å². The highest BCUT2D eigenvalue weighted by Crippen LogP contribution is 2.07. The van der Waals surface area contributed by atoms with Crippen molar-refractivity contribution in [3.05, 3.63) is 17.8 Å². The van der Waals surface area contributed by atoms with E-state index in [0.29, 0.717) is 18.2 Å². The van der Waals surface area contributed by atoms with E-state index >= 15 is 0 Å². The van der Waals surface area contributed by atoms with Gasteiger partial charge in [-0.3, -0.25) is 0 Å². The highest BCUT2D eigenvalue weighted by Gasteiger charge is 2.02. The second-order valence-corrected chi connectivity index (χ2v) is 1.83. The van der Waals surface area contributed by atoms with Crippen molar-refractivity contribution < 1.29 is 4.42 Å². The van der Waals surface area contributed by atoms with Gasteiger partial charge in [0, 0.05) is 0 Å². The molecular weight excluding hydrogens is 140 g/mol. The molecule has 0 saturated heterocycles. The Hall–Kier alpha value is -0.540. The molecule has 0 amide bonds. The fourth-order valence-corrected chi connectivity index (χ4v) is 0.787. The summed E-state index contributed by atoms with van der Waals surface area (Å²) in [7, 11) is 0. The minimum Gasteiger partial charge on any atom is -0.447 e. The van der Waals surface area contributed by atoms with Crippen LogP contribution in [-0.4, -0.2) is 4.98 Å². The van der Waals surface area contributed by atoms with Crippen molar-refractivity contribution in [2.45, 2.75) is 12.4 Å². The number of nitrogens with zero attached hydrogens (tertiary/aromatic N) is 1. The number of hydrogen-bond acceptors (Lipinski definition) is 3. The molecule has 1 aromatic heterocycles. The fraction of sp³-hybridized carbons (Fsp3) is 0.400. The van der Waals surface area contributed by atoms with Gasteiger partial charge < -0.3 is 10.2 Å². The first-order valence-corrected chi connectivity index (χ1v) is 3.09. The number of alkyl halides is 1. The van der Waals surface area contributed by atoms with E-state index < -0.39 is 0 Å². The third-order valence-corrected chi connectivity index (χ3v) is 1.29. The van der Waals surface area contributed by atoms with Crippen LogP contribution in [0.15, 0.2) is 10.8 Å². The SMILES string of the molecule is NCc1ocnc1CCl. The molecule has 0 bridgehead atoms. The molecule has 0 aliphatic heterocycles. The van der Waals surface area contributed by atoms with Crippen molar-refractivity contribution in [2.24, 2.45) is 5.73 Å². The van der Waals surface area contributed by atoms with E-state index in [9.17, 15) is 0 Å². The summed E-state index contributed by atoms with van der Waals surface area (Å²) in [6, 6.07) is 0. The van der Waals surface area contributed by atoms with Crippen LogP contribution in [0.25, 0.3) is 0 Å². The van der Waals surface area contributed by atoms with Crippen LogP contribution in [0.5, 0.6) is 0 Å². The van der Waals surface area contributed by atoms with E-state index in [1.165, 1.54) is 6.39 Å². The number of nitrogens with two attached hydrogens (primary N) is 1. The maximum absolute atomic E-state index is 5.47. The molecule has 3 nitrogen and oxygen atoms in total. The molecule has 50 valence electrons. The quantitative estimate of drug-likeness (QED) is 0.630. The van der Waals surface area contributed by atoms with Gasteiger partial charge in [0.2, 0.25) is 0 Å². The van der Waals surface area contributed by atoms with Gasteiger partial charge in [0.15, 0.2) is 6.39 Å². The minimum atomic E-state index is 0.363. The van der Waals surface area contributed by atoms with Crippen LogP contribution in [0.2, 0.25) is 0 Å². The van der Waals surface area contributed by atoms with Crippen molar-refractivity contribution in [2.75, 3.05) is 0 Å². The number of rotatable bonds is 2. The van der Waals surface area contributed by atoms with Crippen molar-refractivity contribution in [3.63, 3.8) is 0 Å². The predicted octanol–water partition coefficient (Wildman–Crippen LogP) is 0.872. The molecule has 9 heavy (non-hydrogen) atoms. The van der Waals surface area contributed by atoms with Crippen molar-refractivity contribution in [1.82, 2.24) is 4.98 Å². The highest BCUT2D eigenvalue weighted by atomic mass is 35.5. The molecule has 0 aliphatic carbocycles. The van der Waals surface area contributed by atoms with Crippen molar-refractivity contribution >= 4 is 11.6 Å². The van der Waals surface area contributed by atoms with Crippen LogP contribution in [0.4, 0.5) is 0 Å². The Morgan fingerprint density at radius 2 is 2.56 bits per heavy atom. The Morgan fingerprint density at radius 3 is 3.00 bits per heavy atom. The normalized spacial score (nSPS) is 10.0. The van der Waals surface area contributed by atoms with Crippen LogP contribution >= 0.6 is 11.6 Å². The van der Waals surface area contributed by atoms with E-state index in [2.05, 4.69) is 4.98 Å². The molecule has 4 heteroatoms. The number of aromatic nitrogens is 1. The molecule has 0 aliphatic rings. The molecule has 0 unspecified atom stereocenters. The van der Waals surface area contributed by atoms with Gasteiger partial charge in [-0.05, 0) is 0 Å². The lowest BCUT2D eigenvalue weighted by atomic mass is 10.4. The van der Waals surface area contributed by atoms with Crippen molar-refractivity contribution in [1.29, 1.82) is 0 Å². The largest absolute Gasteiger partial charge is 0.447 e. The third kappa shape index (κ3) is 1.23. The molecule has 0 spiro atoms. The van der Waals surface area contributed by atoms with Gasteiger partial charge in [0.1, 0.15) is 5.76 Å². The summed E-state index contributed by atoms with van der Waals surface area (Å²) in [5.41, 5.74) is 6.01. The summed E-state index contributed by atoms with van der Waals surface area (Å²) >= 11 is 5.47. The van der Waals surface area contributed by atoms with E-state index in [1.807, 2.05) is 0 Å². The lowest BCUT2D eigenvalue weighted by Crippen LogP contribution is -1.97. The summed E-state index contributed by atoms with van der Waals surface area (Å²) in [6.07, 6.45) is 1.35. The summed E-state index contributed by atoms with van der Waals surface area (Å²) in [5.74, 6) is 1.04. The summed E-state index contributed by atoms with van der Waals surface area (Å²) < 4.78 is 4.88. The Labute approximate surface area is 57.8 Å². The standard InChI is InChI=1S/C5H7ClN2O/c6-1-4-5(2-7)9-3-8-4/h3H,1-2,7H2. The first-order valence-electron chi connectivity index (χ1n) is 2.55. The Kier molecular flexibility index (Phi) is 2.08. The zero-order valence-electron chi connectivity index (χ0n) is 4.80. The molecule has 0 atom stereocenters. The maximum atomic E-state index is 5.47. The molecule has 1 heterocycles. The average molecular weight is 147 g/mol. The Balaban J connectivity index is 2.85. The van der Waals surface area contributed by atoms with Crippen LogP contribution < -0.4 is 5.73 Å². The molecule has 0 fully saturated rings. The third-order valence-electron chi connectivity index (χ3n) is 1.04. The Bertz CT molecular complexity index is 168. The van der Waals surface area contributed by atoms with Crippen molar-refractivity contribution in [3.8, 4) is 0 Å². The number of halogens is 1. The van der Waals surface area contributed by atoms with E-state index in [0.717, 1.165) is 5.69 Å². The lowest BCUT2D eigenvalue weighted by molar-refractivity contribution is 0.504. The summed E-state index contributed by atoms with van der Waals surface area (Å²) in [4.78, 5) is 3.83.